The first-order chi connectivity index (χ1) is 8.08. The molecule has 1 aromatic heterocycles. The number of hydrogen-bond donors (Lipinski definition) is 1. The van der Waals surface area contributed by atoms with Crippen molar-refractivity contribution in [2.24, 2.45) is 0 Å². The molecular weight excluding hydrogens is 223 g/mol. The maximum atomic E-state index is 12.7. The van der Waals surface area contributed by atoms with Gasteiger partial charge in [0.05, 0.1) is 6.20 Å². The van der Waals surface area contributed by atoms with Gasteiger partial charge in [-0.3, -0.25) is 0 Å². The summed E-state index contributed by atoms with van der Waals surface area (Å²) in [6, 6.07) is 5.95. The Kier molecular flexibility index (Phi) is 2.91. The van der Waals surface area contributed by atoms with Gasteiger partial charge in [0.1, 0.15) is 17.3 Å². The maximum Gasteiger partial charge on any atom is 0.354 e. The standard InChI is InChI=1S/C12H11FN2O2/c1-8-14-6-11(12(16)17)15(8)7-9-2-4-10(13)5-3-9/h2-6H,7H2,1H3,(H,16,17). The molecule has 0 saturated heterocycles. The fraction of sp³-hybridized carbons (Fsp3) is 0.167. The molecule has 0 aliphatic rings. The monoisotopic (exact) mass is 234 g/mol. The van der Waals surface area contributed by atoms with Gasteiger partial charge in [-0.15, -0.1) is 0 Å². The van der Waals surface area contributed by atoms with E-state index in [0.717, 1.165) is 5.56 Å². The zero-order valence-corrected chi connectivity index (χ0v) is 9.22. The number of aromatic nitrogens is 2. The maximum absolute atomic E-state index is 12.7. The van der Waals surface area contributed by atoms with E-state index in [1.807, 2.05) is 0 Å². The van der Waals surface area contributed by atoms with E-state index in [-0.39, 0.29) is 11.5 Å². The van der Waals surface area contributed by atoms with Crippen LogP contribution in [-0.4, -0.2) is 20.6 Å². The van der Waals surface area contributed by atoms with Crippen LogP contribution in [0.3, 0.4) is 0 Å². The highest BCUT2D eigenvalue weighted by molar-refractivity contribution is 5.85. The van der Waals surface area contributed by atoms with Crippen molar-refractivity contribution >= 4 is 5.97 Å². The molecule has 0 fully saturated rings. The average molecular weight is 234 g/mol. The number of imidazole rings is 1. The normalized spacial score (nSPS) is 10.5. The number of nitrogens with zero attached hydrogens (tertiary/aromatic N) is 2. The first kappa shape index (κ1) is 11.3. The number of aryl methyl sites for hydroxylation is 1. The molecule has 1 heterocycles. The zero-order chi connectivity index (χ0) is 12.4. The molecule has 4 nitrogen and oxygen atoms in total. The summed E-state index contributed by atoms with van der Waals surface area (Å²) in [5, 5.41) is 8.98. The minimum absolute atomic E-state index is 0.131. The van der Waals surface area contributed by atoms with E-state index in [0.29, 0.717) is 12.4 Å². The Bertz CT molecular complexity index is 546. The second-order valence-electron chi connectivity index (χ2n) is 3.71. The fourth-order valence-electron chi connectivity index (χ4n) is 1.61. The van der Waals surface area contributed by atoms with Crippen molar-refractivity contribution in [3.63, 3.8) is 0 Å². The minimum atomic E-state index is -1.02. The SMILES string of the molecule is Cc1ncc(C(=O)O)n1Cc1ccc(F)cc1. The van der Waals surface area contributed by atoms with E-state index < -0.39 is 5.97 Å². The van der Waals surface area contributed by atoms with Crippen LogP contribution in [0.2, 0.25) is 0 Å². The molecule has 0 radical (unpaired) electrons. The van der Waals surface area contributed by atoms with Gasteiger partial charge < -0.3 is 9.67 Å². The number of carboxylic acid groups (broad SMARTS) is 1. The predicted octanol–water partition coefficient (Wildman–Crippen LogP) is 2.08. The van der Waals surface area contributed by atoms with Gasteiger partial charge in [-0.1, -0.05) is 12.1 Å². The highest BCUT2D eigenvalue weighted by atomic mass is 19.1. The number of benzene rings is 1. The van der Waals surface area contributed by atoms with Crippen molar-refractivity contribution in [2.75, 3.05) is 0 Å². The van der Waals surface area contributed by atoms with Crippen LogP contribution in [0, 0.1) is 12.7 Å². The topological polar surface area (TPSA) is 55.1 Å². The third kappa shape index (κ3) is 2.33. The molecule has 0 aliphatic carbocycles. The molecule has 0 spiro atoms. The highest BCUT2D eigenvalue weighted by Crippen LogP contribution is 2.10. The summed E-state index contributed by atoms with van der Waals surface area (Å²) in [5.74, 6) is -0.714. The van der Waals surface area contributed by atoms with E-state index in [1.165, 1.54) is 18.3 Å². The van der Waals surface area contributed by atoms with Crippen molar-refractivity contribution in [1.82, 2.24) is 9.55 Å². The number of halogens is 1. The summed E-state index contributed by atoms with van der Waals surface area (Å²) in [6.07, 6.45) is 1.32. The van der Waals surface area contributed by atoms with Gasteiger partial charge in [-0.05, 0) is 24.6 Å². The summed E-state index contributed by atoms with van der Waals surface area (Å²) in [4.78, 5) is 14.9. The molecule has 0 amide bonds. The molecule has 2 aromatic rings. The second-order valence-corrected chi connectivity index (χ2v) is 3.71. The number of carbonyl (C=O) groups is 1. The van der Waals surface area contributed by atoms with E-state index in [9.17, 15) is 9.18 Å². The first-order valence-corrected chi connectivity index (χ1v) is 5.08. The van der Waals surface area contributed by atoms with E-state index in [2.05, 4.69) is 4.98 Å². The van der Waals surface area contributed by atoms with Crippen molar-refractivity contribution in [1.29, 1.82) is 0 Å². The lowest BCUT2D eigenvalue weighted by atomic mass is 10.2. The summed E-state index contributed by atoms with van der Waals surface area (Å²) < 4.78 is 14.3. The van der Waals surface area contributed by atoms with Crippen LogP contribution in [0.25, 0.3) is 0 Å². The second kappa shape index (κ2) is 4.37. The molecule has 88 valence electrons. The van der Waals surface area contributed by atoms with Gasteiger partial charge >= 0.3 is 5.97 Å². The molecule has 0 saturated carbocycles. The quantitative estimate of drug-likeness (QED) is 0.884. The molecule has 2 rings (SSSR count). The fourth-order valence-corrected chi connectivity index (χ4v) is 1.61. The zero-order valence-electron chi connectivity index (χ0n) is 9.22. The lowest BCUT2D eigenvalue weighted by Gasteiger charge is -2.07. The molecule has 0 aliphatic heterocycles. The van der Waals surface area contributed by atoms with Crippen LogP contribution < -0.4 is 0 Å². The number of hydrogen-bond acceptors (Lipinski definition) is 2. The predicted molar refractivity (Wildman–Crippen MR) is 59.4 cm³/mol. The largest absolute Gasteiger partial charge is 0.477 e. The van der Waals surface area contributed by atoms with Gasteiger partial charge in [0, 0.05) is 6.54 Å². The van der Waals surface area contributed by atoms with Crippen LogP contribution >= 0.6 is 0 Å². The van der Waals surface area contributed by atoms with Crippen LogP contribution in [-0.2, 0) is 6.54 Å². The summed E-state index contributed by atoms with van der Waals surface area (Å²) in [7, 11) is 0. The van der Waals surface area contributed by atoms with Crippen LogP contribution in [0.15, 0.2) is 30.5 Å². The smallest absolute Gasteiger partial charge is 0.354 e. The Hall–Kier alpha value is -2.17. The van der Waals surface area contributed by atoms with Gasteiger partial charge in [0.25, 0.3) is 0 Å². The Labute approximate surface area is 97.3 Å². The molecular formula is C12H11FN2O2. The van der Waals surface area contributed by atoms with Gasteiger partial charge in [-0.2, -0.15) is 0 Å². The average Bonchev–Trinajstić information content (AvgIpc) is 2.64. The van der Waals surface area contributed by atoms with E-state index in [4.69, 9.17) is 5.11 Å². The van der Waals surface area contributed by atoms with Crippen LogP contribution in [0.4, 0.5) is 4.39 Å². The lowest BCUT2D eigenvalue weighted by Crippen LogP contribution is -2.10. The van der Waals surface area contributed by atoms with Crippen LogP contribution in [0.1, 0.15) is 21.9 Å². The summed E-state index contributed by atoms with van der Waals surface area (Å²) in [6.45, 7) is 2.10. The van der Waals surface area contributed by atoms with Crippen molar-refractivity contribution in [3.05, 3.63) is 53.4 Å². The first-order valence-electron chi connectivity index (χ1n) is 5.08. The number of carboxylic acids is 1. The Morgan fingerprint density at radius 3 is 2.65 bits per heavy atom. The Morgan fingerprint density at radius 1 is 1.41 bits per heavy atom. The molecule has 17 heavy (non-hydrogen) atoms. The lowest BCUT2D eigenvalue weighted by molar-refractivity contribution is 0.0685. The molecule has 0 atom stereocenters. The summed E-state index contributed by atoms with van der Waals surface area (Å²) >= 11 is 0. The number of rotatable bonds is 3. The Balaban J connectivity index is 2.32. The minimum Gasteiger partial charge on any atom is -0.477 e. The van der Waals surface area contributed by atoms with Crippen LogP contribution in [0.5, 0.6) is 0 Å². The van der Waals surface area contributed by atoms with Crippen molar-refractivity contribution < 1.29 is 14.3 Å². The highest BCUT2D eigenvalue weighted by Gasteiger charge is 2.13. The third-order valence-corrected chi connectivity index (χ3v) is 2.53. The molecule has 0 bridgehead atoms. The molecule has 1 N–H and O–H groups in total. The van der Waals surface area contributed by atoms with Gasteiger partial charge in [-0.25, -0.2) is 14.2 Å². The summed E-state index contributed by atoms with van der Waals surface area (Å²) in [5.41, 5.74) is 0.960. The van der Waals surface area contributed by atoms with Gasteiger partial charge in [0.15, 0.2) is 0 Å². The van der Waals surface area contributed by atoms with E-state index >= 15 is 0 Å². The molecule has 1 aromatic carbocycles. The molecule has 0 unspecified atom stereocenters. The third-order valence-electron chi connectivity index (χ3n) is 2.53. The van der Waals surface area contributed by atoms with Gasteiger partial charge in [0.2, 0.25) is 0 Å². The van der Waals surface area contributed by atoms with Crippen molar-refractivity contribution in [2.45, 2.75) is 13.5 Å². The molecule has 5 heteroatoms. The number of aromatic carboxylic acids is 1. The van der Waals surface area contributed by atoms with E-state index in [1.54, 1.807) is 23.6 Å². The Morgan fingerprint density at radius 2 is 2.06 bits per heavy atom. The van der Waals surface area contributed by atoms with Crippen molar-refractivity contribution in [3.8, 4) is 0 Å².